The van der Waals surface area contributed by atoms with Crippen molar-refractivity contribution in [2.24, 2.45) is 0 Å². The topological polar surface area (TPSA) is 77.0 Å². The predicted molar refractivity (Wildman–Crippen MR) is 109 cm³/mol. The smallest absolute Gasteiger partial charge is 0.275 e. The maximum Gasteiger partial charge on any atom is 0.275 e. The van der Waals surface area contributed by atoms with E-state index in [0.29, 0.717) is 23.0 Å². The molecule has 0 spiro atoms. The fourth-order valence-electron chi connectivity index (χ4n) is 2.50. The van der Waals surface area contributed by atoms with Crippen molar-refractivity contribution >= 4 is 22.9 Å². The summed E-state index contributed by atoms with van der Waals surface area (Å²) in [4.78, 5) is 25.0. The van der Waals surface area contributed by atoms with Crippen LogP contribution in [-0.2, 0) is 0 Å². The minimum atomic E-state index is -0.272. The molecule has 0 saturated carbocycles. The second-order valence-corrected chi connectivity index (χ2v) is 6.89. The molecule has 2 aromatic heterocycles. The number of anilines is 1. The van der Waals surface area contributed by atoms with Gasteiger partial charge < -0.3 is 10.1 Å². The third-order valence-electron chi connectivity index (χ3n) is 3.89. The molecule has 0 unspecified atom stereocenters. The number of benzene rings is 2. The summed E-state index contributed by atoms with van der Waals surface area (Å²) in [5.74, 6) is 0.663. The molecule has 4 aromatic rings. The number of aryl methyl sites for hydroxylation is 1. The van der Waals surface area contributed by atoms with Gasteiger partial charge in [-0.15, -0.1) is 11.3 Å². The Balaban J connectivity index is 1.47. The number of amides is 1. The molecule has 28 heavy (non-hydrogen) atoms. The zero-order chi connectivity index (χ0) is 19.3. The molecule has 0 atom stereocenters. The van der Waals surface area contributed by atoms with Crippen LogP contribution in [0.15, 0.2) is 72.5 Å². The van der Waals surface area contributed by atoms with Gasteiger partial charge >= 0.3 is 0 Å². The van der Waals surface area contributed by atoms with Gasteiger partial charge in [0.05, 0.1) is 6.20 Å². The maximum atomic E-state index is 12.6. The van der Waals surface area contributed by atoms with E-state index in [1.807, 2.05) is 31.2 Å². The first-order chi connectivity index (χ1) is 13.7. The van der Waals surface area contributed by atoms with Gasteiger partial charge in [-0.1, -0.05) is 35.9 Å². The van der Waals surface area contributed by atoms with Crippen molar-refractivity contribution in [1.29, 1.82) is 0 Å². The molecule has 0 aliphatic rings. The predicted octanol–water partition coefficient (Wildman–Crippen LogP) is 4.95. The minimum Gasteiger partial charge on any atom is -0.437 e. The molecule has 2 aromatic carbocycles. The molecule has 138 valence electrons. The van der Waals surface area contributed by atoms with Crippen LogP contribution in [0.3, 0.4) is 0 Å². The van der Waals surface area contributed by atoms with E-state index in [1.54, 1.807) is 42.0 Å². The van der Waals surface area contributed by atoms with E-state index in [-0.39, 0.29) is 5.91 Å². The van der Waals surface area contributed by atoms with E-state index >= 15 is 0 Å². The Kier molecular flexibility index (Phi) is 5.07. The molecule has 7 heteroatoms. The van der Waals surface area contributed by atoms with Crippen LogP contribution in [0.1, 0.15) is 16.1 Å². The SMILES string of the molecule is Cc1ccc(-c2nc(C(=O)Nc3cccc(Oc4cnccn4)c3)cs2)cc1. The van der Waals surface area contributed by atoms with Crippen LogP contribution >= 0.6 is 11.3 Å². The van der Waals surface area contributed by atoms with Gasteiger partial charge in [0.15, 0.2) is 0 Å². The van der Waals surface area contributed by atoms with Gasteiger partial charge in [-0.05, 0) is 19.1 Å². The average Bonchev–Trinajstić information content (AvgIpc) is 3.20. The second kappa shape index (κ2) is 7.98. The summed E-state index contributed by atoms with van der Waals surface area (Å²) in [5.41, 5.74) is 3.16. The normalized spacial score (nSPS) is 10.5. The molecule has 4 rings (SSSR count). The van der Waals surface area contributed by atoms with E-state index < -0.39 is 0 Å². The van der Waals surface area contributed by atoms with Crippen LogP contribution in [0.25, 0.3) is 10.6 Å². The fourth-order valence-corrected chi connectivity index (χ4v) is 3.30. The Morgan fingerprint density at radius 1 is 1.11 bits per heavy atom. The quantitative estimate of drug-likeness (QED) is 0.523. The minimum absolute atomic E-state index is 0.272. The first kappa shape index (κ1) is 17.8. The van der Waals surface area contributed by atoms with Crippen LogP contribution in [0.5, 0.6) is 11.6 Å². The van der Waals surface area contributed by atoms with Crippen molar-refractivity contribution < 1.29 is 9.53 Å². The summed E-state index contributed by atoms with van der Waals surface area (Å²) in [5, 5.41) is 5.41. The van der Waals surface area contributed by atoms with E-state index in [4.69, 9.17) is 4.74 Å². The third kappa shape index (κ3) is 4.21. The van der Waals surface area contributed by atoms with Crippen molar-refractivity contribution in [2.45, 2.75) is 6.92 Å². The van der Waals surface area contributed by atoms with Crippen molar-refractivity contribution in [3.63, 3.8) is 0 Å². The van der Waals surface area contributed by atoms with Crippen LogP contribution < -0.4 is 10.1 Å². The Bertz CT molecular complexity index is 1090. The van der Waals surface area contributed by atoms with Crippen LogP contribution in [-0.4, -0.2) is 20.9 Å². The number of aromatic nitrogens is 3. The summed E-state index contributed by atoms with van der Waals surface area (Å²) in [6.07, 6.45) is 4.64. The highest BCUT2D eigenvalue weighted by Gasteiger charge is 2.12. The fraction of sp³-hybridized carbons (Fsp3) is 0.0476. The second-order valence-electron chi connectivity index (χ2n) is 6.03. The summed E-state index contributed by atoms with van der Waals surface area (Å²) >= 11 is 1.44. The summed E-state index contributed by atoms with van der Waals surface area (Å²) in [6, 6.07) is 15.1. The Morgan fingerprint density at radius 3 is 2.75 bits per heavy atom. The molecule has 0 saturated heterocycles. The van der Waals surface area contributed by atoms with Gasteiger partial charge in [-0.25, -0.2) is 9.97 Å². The molecule has 0 aliphatic heterocycles. The number of thiazole rings is 1. The lowest BCUT2D eigenvalue weighted by Gasteiger charge is -2.07. The van der Waals surface area contributed by atoms with Gasteiger partial charge in [-0.3, -0.25) is 9.78 Å². The monoisotopic (exact) mass is 388 g/mol. The number of rotatable bonds is 5. The molecule has 0 bridgehead atoms. The van der Waals surface area contributed by atoms with E-state index in [1.165, 1.54) is 23.1 Å². The Labute approximate surface area is 165 Å². The number of ether oxygens (including phenoxy) is 1. The van der Waals surface area contributed by atoms with Crippen molar-refractivity contribution in [2.75, 3.05) is 5.32 Å². The van der Waals surface area contributed by atoms with E-state index in [9.17, 15) is 4.79 Å². The van der Waals surface area contributed by atoms with Crippen molar-refractivity contribution in [3.05, 3.63) is 83.8 Å². The standard InChI is InChI=1S/C21H16N4O2S/c1-14-5-7-15(8-6-14)21-25-18(13-28-21)20(26)24-16-3-2-4-17(11-16)27-19-12-22-9-10-23-19/h2-13H,1H3,(H,24,26). The zero-order valence-electron chi connectivity index (χ0n) is 15.0. The maximum absolute atomic E-state index is 12.6. The van der Waals surface area contributed by atoms with Gasteiger partial charge in [0.25, 0.3) is 5.91 Å². The molecule has 1 N–H and O–H groups in total. The van der Waals surface area contributed by atoms with Gasteiger partial charge in [0.2, 0.25) is 5.88 Å². The average molecular weight is 388 g/mol. The molecule has 0 fully saturated rings. The molecule has 2 heterocycles. The molecule has 0 radical (unpaired) electrons. The lowest BCUT2D eigenvalue weighted by atomic mass is 10.2. The molecular weight excluding hydrogens is 372 g/mol. The summed E-state index contributed by atoms with van der Waals surface area (Å²) in [6.45, 7) is 2.03. The van der Waals surface area contributed by atoms with Crippen molar-refractivity contribution in [3.8, 4) is 22.2 Å². The Hall–Kier alpha value is -3.58. The van der Waals surface area contributed by atoms with Gasteiger partial charge in [-0.2, -0.15) is 0 Å². The lowest BCUT2D eigenvalue weighted by Crippen LogP contribution is -2.12. The zero-order valence-corrected chi connectivity index (χ0v) is 15.8. The van der Waals surface area contributed by atoms with Gasteiger partial charge in [0.1, 0.15) is 16.5 Å². The van der Waals surface area contributed by atoms with Gasteiger partial charge in [0, 0.05) is 35.1 Å². The number of nitrogens with zero attached hydrogens (tertiary/aromatic N) is 3. The van der Waals surface area contributed by atoms with E-state index in [2.05, 4.69) is 20.3 Å². The largest absolute Gasteiger partial charge is 0.437 e. The van der Waals surface area contributed by atoms with E-state index in [0.717, 1.165) is 10.6 Å². The molecule has 1 amide bonds. The number of carbonyl (C=O) groups is 1. The summed E-state index contributed by atoms with van der Waals surface area (Å²) in [7, 11) is 0. The van der Waals surface area contributed by atoms with Crippen LogP contribution in [0, 0.1) is 6.92 Å². The molecule has 0 aliphatic carbocycles. The third-order valence-corrected chi connectivity index (χ3v) is 4.78. The number of nitrogens with one attached hydrogen (secondary N) is 1. The highest BCUT2D eigenvalue weighted by Crippen LogP contribution is 2.25. The summed E-state index contributed by atoms with van der Waals surface area (Å²) < 4.78 is 5.64. The van der Waals surface area contributed by atoms with Crippen LogP contribution in [0.2, 0.25) is 0 Å². The molecular formula is C21H16N4O2S. The molecule has 6 nitrogen and oxygen atoms in total. The highest BCUT2D eigenvalue weighted by atomic mass is 32.1. The number of hydrogen-bond acceptors (Lipinski definition) is 6. The number of carbonyl (C=O) groups excluding carboxylic acids is 1. The number of hydrogen-bond donors (Lipinski definition) is 1. The lowest BCUT2D eigenvalue weighted by molar-refractivity contribution is 0.102. The Morgan fingerprint density at radius 2 is 1.96 bits per heavy atom. The van der Waals surface area contributed by atoms with Crippen LogP contribution in [0.4, 0.5) is 5.69 Å². The first-order valence-corrected chi connectivity index (χ1v) is 9.43. The highest BCUT2D eigenvalue weighted by molar-refractivity contribution is 7.13. The first-order valence-electron chi connectivity index (χ1n) is 8.55. The van der Waals surface area contributed by atoms with Crippen molar-refractivity contribution in [1.82, 2.24) is 15.0 Å².